The molecule has 0 radical (unpaired) electrons. The van der Waals surface area contributed by atoms with Crippen molar-refractivity contribution < 1.29 is 19.1 Å². The molecule has 0 bridgehead atoms. The Labute approximate surface area is 152 Å². The standard InChI is InChI=1S/C20H22N2O4/c1-13-8-9-18(14(2)10-13)22(15(3)23)12-19(24)21-17-7-5-6-16(11-17)20(25)26-4/h5-11H,12H2,1-4H3,(H,21,24). The van der Waals surface area contributed by atoms with E-state index in [1.165, 1.54) is 25.0 Å². The van der Waals surface area contributed by atoms with E-state index in [0.717, 1.165) is 11.1 Å². The van der Waals surface area contributed by atoms with Gasteiger partial charge in [-0.15, -0.1) is 0 Å². The fourth-order valence-corrected chi connectivity index (χ4v) is 2.66. The van der Waals surface area contributed by atoms with Gasteiger partial charge in [0, 0.05) is 18.3 Å². The highest BCUT2D eigenvalue weighted by Crippen LogP contribution is 2.21. The molecule has 6 nitrogen and oxygen atoms in total. The first-order valence-corrected chi connectivity index (χ1v) is 8.15. The number of carbonyl (C=O) groups excluding carboxylic acids is 3. The number of ether oxygens (including phenoxy) is 1. The lowest BCUT2D eigenvalue weighted by Crippen LogP contribution is -2.37. The normalized spacial score (nSPS) is 10.2. The molecule has 2 aromatic carbocycles. The number of nitrogens with one attached hydrogen (secondary N) is 1. The zero-order valence-electron chi connectivity index (χ0n) is 15.3. The van der Waals surface area contributed by atoms with Crippen molar-refractivity contribution in [2.75, 3.05) is 23.9 Å². The summed E-state index contributed by atoms with van der Waals surface area (Å²) in [6, 6.07) is 12.1. The van der Waals surface area contributed by atoms with Crippen molar-refractivity contribution in [1.82, 2.24) is 0 Å². The molecule has 0 unspecified atom stereocenters. The SMILES string of the molecule is COC(=O)c1cccc(NC(=O)CN(C(C)=O)c2ccc(C)cc2C)c1. The van der Waals surface area contributed by atoms with Gasteiger partial charge in [-0.2, -0.15) is 0 Å². The zero-order valence-corrected chi connectivity index (χ0v) is 15.3. The summed E-state index contributed by atoms with van der Waals surface area (Å²) in [6.45, 7) is 5.16. The van der Waals surface area contributed by atoms with Crippen LogP contribution in [0, 0.1) is 13.8 Å². The molecule has 0 fully saturated rings. The Morgan fingerprint density at radius 2 is 1.81 bits per heavy atom. The van der Waals surface area contributed by atoms with E-state index >= 15 is 0 Å². The summed E-state index contributed by atoms with van der Waals surface area (Å²) in [7, 11) is 1.29. The predicted octanol–water partition coefficient (Wildman–Crippen LogP) is 3.08. The van der Waals surface area contributed by atoms with Crippen molar-refractivity contribution in [3.63, 3.8) is 0 Å². The molecule has 0 aromatic heterocycles. The third-order valence-electron chi connectivity index (χ3n) is 3.89. The minimum absolute atomic E-state index is 0.123. The second-order valence-electron chi connectivity index (χ2n) is 6.02. The van der Waals surface area contributed by atoms with E-state index in [9.17, 15) is 14.4 Å². The maximum absolute atomic E-state index is 12.4. The fourth-order valence-electron chi connectivity index (χ4n) is 2.66. The number of esters is 1. The minimum atomic E-state index is -0.484. The summed E-state index contributed by atoms with van der Waals surface area (Å²) in [5.41, 5.74) is 3.49. The van der Waals surface area contributed by atoms with Crippen molar-refractivity contribution in [3.8, 4) is 0 Å². The van der Waals surface area contributed by atoms with Gasteiger partial charge in [-0.3, -0.25) is 9.59 Å². The largest absolute Gasteiger partial charge is 0.465 e. The molecule has 0 saturated heterocycles. The Morgan fingerprint density at radius 3 is 2.42 bits per heavy atom. The predicted molar refractivity (Wildman–Crippen MR) is 100 cm³/mol. The van der Waals surface area contributed by atoms with Gasteiger partial charge >= 0.3 is 5.97 Å². The third kappa shape index (κ3) is 4.69. The lowest BCUT2D eigenvalue weighted by molar-refractivity contribution is -0.120. The van der Waals surface area contributed by atoms with Crippen LogP contribution in [0.4, 0.5) is 11.4 Å². The van der Waals surface area contributed by atoms with Gasteiger partial charge in [-0.05, 0) is 43.7 Å². The highest BCUT2D eigenvalue weighted by Gasteiger charge is 2.18. The van der Waals surface area contributed by atoms with Gasteiger partial charge in [0.25, 0.3) is 0 Å². The molecule has 1 N–H and O–H groups in total. The van der Waals surface area contributed by atoms with Gasteiger partial charge in [0.05, 0.1) is 12.7 Å². The van der Waals surface area contributed by atoms with Crippen LogP contribution in [-0.2, 0) is 14.3 Å². The van der Waals surface area contributed by atoms with Gasteiger partial charge in [-0.1, -0.05) is 23.8 Å². The number of anilines is 2. The van der Waals surface area contributed by atoms with Crippen molar-refractivity contribution in [3.05, 3.63) is 59.2 Å². The van der Waals surface area contributed by atoms with Crippen molar-refractivity contribution in [2.45, 2.75) is 20.8 Å². The minimum Gasteiger partial charge on any atom is -0.465 e. The van der Waals surface area contributed by atoms with E-state index in [2.05, 4.69) is 10.1 Å². The Bertz CT molecular complexity index is 845. The fraction of sp³-hybridized carbons (Fsp3) is 0.250. The maximum Gasteiger partial charge on any atom is 0.337 e. The smallest absolute Gasteiger partial charge is 0.337 e. The molecule has 136 valence electrons. The zero-order chi connectivity index (χ0) is 19.3. The van der Waals surface area contributed by atoms with E-state index in [0.29, 0.717) is 16.9 Å². The Morgan fingerprint density at radius 1 is 1.08 bits per heavy atom. The Kier molecular flexibility index (Phi) is 6.11. The topological polar surface area (TPSA) is 75.7 Å². The molecule has 0 atom stereocenters. The molecule has 0 aliphatic heterocycles. The molecule has 2 rings (SSSR count). The van der Waals surface area contributed by atoms with E-state index in [1.807, 2.05) is 32.0 Å². The second-order valence-corrected chi connectivity index (χ2v) is 6.02. The molecule has 0 spiro atoms. The van der Waals surface area contributed by atoms with Gasteiger partial charge in [0.1, 0.15) is 6.54 Å². The summed E-state index contributed by atoms with van der Waals surface area (Å²) in [5.74, 6) is -1.07. The number of nitrogens with zero attached hydrogens (tertiary/aromatic N) is 1. The molecule has 2 amide bonds. The monoisotopic (exact) mass is 354 g/mol. The molecule has 2 aromatic rings. The molecule has 0 aliphatic rings. The first-order chi connectivity index (χ1) is 12.3. The summed E-state index contributed by atoms with van der Waals surface area (Å²) < 4.78 is 4.67. The summed E-state index contributed by atoms with van der Waals surface area (Å²) >= 11 is 0. The van der Waals surface area contributed by atoms with Crippen molar-refractivity contribution >= 4 is 29.2 Å². The molecule has 0 aliphatic carbocycles. The Hall–Kier alpha value is -3.15. The summed E-state index contributed by atoms with van der Waals surface area (Å²) in [5, 5.41) is 2.71. The Balaban J connectivity index is 2.16. The van der Waals surface area contributed by atoms with E-state index < -0.39 is 5.97 Å². The van der Waals surface area contributed by atoms with Crippen LogP contribution in [0.15, 0.2) is 42.5 Å². The van der Waals surface area contributed by atoms with E-state index in [1.54, 1.807) is 18.2 Å². The van der Waals surface area contributed by atoms with E-state index in [4.69, 9.17) is 0 Å². The summed E-state index contributed by atoms with van der Waals surface area (Å²) in [4.78, 5) is 37.5. The maximum atomic E-state index is 12.4. The first-order valence-electron chi connectivity index (χ1n) is 8.15. The van der Waals surface area contributed by atoms with Crippen LogP contribution in [0.5, 0.6) is 0 Å². The number of benzene rings is 2. The quantitative estimate of drug-likeness (QED) is 0.837. The number of rotatable bonds is 5. The van der Waals surface area contributed by atoms with Crippen LogP contribution < -0.4 is 10.2 Å². The number of aryl methyl sites for hydroxylation is 2. The lowest BCUT2D eigenvalue weighted by atomic mass is 10.1. The van der Waals surface area contributed by atoms with Gasteiger partial charge in [0.15, 0.2) is 0 Å². The highest BCUT2D eigenvalue weighted by atomic mass is 16.5. The van der Waals surface area contributed by atoms with Crippen LogP contribution in [0.25, 0.3) is 0 Å². The molecule has 0 heterocycles. The second kappa shape index (κ2) is 8.29. The number of amides is 2. The lowest BCUT2D eigenvalue weighted by Gasteiger charge is -2.23. The van der Waals surface area contributed by atoms with E-state index in [-0.39, 0.29) is 18.4 Å². The van der Waals surface area contributed by atoms with Crippen LogP contribution in [0.1, 0.15) is 28.4 Å². The third-order valence-corrected chi connectivity index (χ3v) is 3.89. The molecular formula is C20H22N2O4. The number of hydrogen-bond acceptors (Lipinski definition) is 4. The number of methoxy groups -OCH3 is 1. The van der Waals surface area contributed by atoms with Crippen LogP contribution in [0.2, 0.25) is 0 Å². The van der Waals surface area contributed by atoms with Crippen LogP contribution >= 0.6 is 0 Å². The highest BCUT2D eigenvalue weighted by molar-refractivity contribution is 6.02. The number of hydrogen-bond donors (Lipinski definition) is 1. The first kappa shape index (κ1) is 19.2. The van der Waals surface area contributed by atoms with Crippen LogP contribution in [0.3, 0.4) is 0 Å². The molecular weight excluding hydrogens is 332 g/mol. The molecule has 26 heavy (non-hydrogen) atoms. The summed E-state index contributed by atoms with van der Waals surface area (Å²) in [6.07, 6.45) is 0. The average molecular weight is 354 g/mol. The van der Waals surface area contributed by atoms with Gasteiger partial charge < -0.3 is 15.0 Å². The molecule has 6 heteroatoms. The van der Waals surface area contributed by atoms with Gasteiger partial charge in [0.2, 0.25) is 11.8 Å². The van der Waals surface area contributed by atoms with Crippen molar-refractivity contribution in [2.24, 2.45) is 0 Å². The average Bonchev–Trinajstić information content (AvgIpc) is 2.59. The van der Waals surface area contributed by atoms with Crippen molar-refractivity contribution in [1.29, 1.82) is 0 Å². The van der Waals surface area contributed by atoms with Crippen LogP contribution in [-0.4, -0.2) is 31.4 Å². The van der Waals surface area contributed by atoms with Gasteiger partial charge in [-0.25, -0.2) is 4.79 Å². The number of carbonyl (C=O) groups is 3. The molecule has 0 saturated carbocycles.